The number of ether oxygens (including phenoxy) is 2. The first-order chi connectivity index (χ1) is 14.6. The maximum atomic E-state index is 12.0. The minimum absolute atomic E-state index is 0.299. The number of hydrogen-bond donors (Lipinski definition) is 1. The molecule has 0 aliphatic rings. The van der Waals surface area contributed by atoms with Gasteiger partial charge in [0.1, 0.15) is 6.61 Å². The first kappa shape index (κ1) is 21.8. The lowest BCUT2D eigenvalue weighted by Gasteiger charge is -2.15. The van der Waals surface area contributed by atoms with Gasteiger partial charge in [-0.3, -0.25) is 9.78 Å². The summed E-state index contributed by atoms with van der Waals surface area (Å²) in [4.78, 5) is 16.0. The van der Waals surface area contributed by atoms with Crippen LogP contribution in [0.5, 0.6) is 11.5 Å². The van der Waals surface area contributed by atoms with Gasteiger partial charge in [-0.2, -0.15) is 5.10 Å². The Morgan fingerprint density at radius 1 is 1.23 bits per heavy atom. The Bertz CT molecular complexity index is 1050. The summed E-state index contributed by atoms with van der Waals surface area (Å²) >= 11 is 9.73. The second kappa shape index (κ2) is 10.8. The van der Waals surface area contributed by atoms with E-state index in [-0.39, 0.29) is 5.91 Å². The fourth-order valence-electron chi connectivity index (χ4n) is 2.56. The van der Waals surface area contributed by atoms with Crippen LogP contribution in [-0.2, 0) is 6.61 Å². The number of hydrazone groups is 1. The van der Waals surface area contributed by atoms with Gasteiger partial charge in [-0.05, 0) is 58.7 Å². The highest BCUT2D eigenvalue weighted by Crippen LogP contribution is 2.37. The minimum atomic E-state index is -0.344. The van der Waals surface area contributed by atoms with Crippen LogP contribution in [0.4, 0.5) is 0 Å². The molecule has 1 amide bonds. The van der Waals surface area contributed by atoms with Crippen molar-refractivity contribution in [3.05, 3.63) is 87.1 Å². The zero-order chi connectivity index (χ0) is 21.3. The molecule has 6 nitrogen and oxygen atoms in total. The number of halogens is 2. The molecule has 0 aliphatic heterocycles. The zero-order valence-corrected chi connectivity index (χ0v) is 18.5. The van der Waals surface area contributed by atoms with Gasteiger partial charge >= 0.3 is 0 Å². The fraction of sp³-hybridized carbons (Fsp3) is 0.136. The van der Waals surface area contributed by atoms with Crippen LogP contribution in [0.3, 0.4) is 0 Å². The normalized spacial score (nSPS) is 10.8. The molecule has 0 fully saturated rings. The summed E-state index contributed by atoms with van der Waals surface area (Å²) in [6.45, 7) is 2.65. The molecule has 0 unspecified atom stereocenters. The molecular formula is C22H19BrClN3O3. The van der Waals surface area contributed by atoms with Gasteiger partial charge in [-0.15, -0.1) is 0 Å². The van der Waals surface area contributed by atoms with E-state index in [0.29, 0.717) is 39.8 Å². The third-order valence-corrected chi connectivity index (χ3v) is 4.92. The number of nitrogens with one attached hydrogen (secondary N) is 1. The number of hydrogen-bond acceptors (Lipinski definition) is 5. The van der Waals surface area contributed by atoms with Gasteiger partial charge in [0.15, 0.2) is 11.5 Å². The third-order valence-electron chi connectivity index (χ3n) is 3.96. The molecule has 1 heterocycles. The lowest BCUT2D eigenvalue weighted by Crippen LogP contribution is -2.17. The molecule has 2 aromatic carbocycles. The van der Waals surface area contributed by atoms with Crippen molar-refractivity contribution < 1.29 is 14.3 Å². The molecule has 3 rings (SSSR count). The van der Waals surface area contributed by atoms with E-state index in [1.54, 1.807) is 24.4 Å². The summed E-state index contributed by atoms with van der Waals surface area (Å²) in [5, 5.41) is 4.65. The number of benzene rings is 2. The van der Waals surface area contributed by atoms with Crippen LogP contribution in [0.15, 0.2) is 70.5 Å². The first-order valence-electron chi connectivity index (χ1n) is 9.14. The van der Waals surface area contributed by atoms with Crippen molar-refractivity contribution in [2.45, 2.75) is 13.5 Å². The maximum Gasteiger partial charge on any atom is 0.272 e. The van der Waals surface area contributed by atoms with Crippen LogP contribution < -0.4 is 14.9 Å². The van der Waals surface area contributed by atoms with Gasteiger partial charge in [0.05, 0.1) is 22.9 Å². The molecule has 0 saturated heterocycles. The number of carbonyl (C=O) groups is 1. The summed E-state index contributed by atoms with van der Waals surface area (Å²) in [7, 11) is 0. The van der Waals surface area contributed by atoms with Crippen molar-refractivity contribution in [2.24, 2.45) is 5.10 Å². The molecule has 8 heteroatoms. The number of nitrogens with zero attached hydrogens (tertiary/aromatic N) is 2. The molecule has 0 spiro atoms. The summed E-state index contributed by atoms with van der Waals surface area (Å²) in [6.07, 6.45) is 4.60. The Morgan fingerprint density at radius 3 is 2.80 bits per heavy atom. The van der Waals surface area contributed by atoms with Crippen LogP contribution >= 0.6 is 27.5 Å². The summed E-state index contributed by atoms with van der Waals surface area (Å²) < 4.78 is 12.4. The lowest BCUT2D eigenvalue weighted by atomic mass is 10.2. The smallest absolute Gasteiger partial charge is 0.272 e. The van der Waals surface area contributed by atoms with Gasteiger partial charge in [-0.25, -0.2) is 5.43 Å². The second-order valence-electron chi connectivity index (χ2n) is 6.08. The number of carbonyl (C=O) groups excluding carboxylic acids is 1. The summed E-state index contributed by atoms with van der Waals surface area (Å²) in [6, 6.07) is 14.5. The Hall–Kier alpha value is -2.90. The number of rotatable bonds is 8. The van der Waals surface area contributed by atoms with E-state index in [1.807, 2.05) is 37.3 Å². The highest BCUT2D eigenvalue weighted by Gasteiger charge is 2.13. The SMILES string of the molecule is CCOc1cc(/C=N\NC(=O)c2cccnc2)cc(Br)c1OCc1ccccc1Cl. The van der Waals surface area contributed by atoms with E-state index in [0.717, 1.165) is 11.1 Å². The average molecular weight is 489 g/mol. The molecule has 1 N–H and O–H groups in total. The highest BCUT2D eigenvalue weighted by atomic mass is 79.9. The van der Waals surface area contributed by atoms with E-state index in [4.69, 9.17) is 21.1 Å². The van der Waals surface area contributed by atoms with Crippen molar-refractivity contribution in [3.63, 3.8) is 0 Å². The van der Waals surface area contributed by atoms with Gasteiger partial charge in [0, 0.05) is 23.0 Å². The predicted octanol–water partition coefficient (Wildman–Crippen LogP) is 5.24. The van der Waals surface area contributed by atoms with Crippen LogP contribution in [0, 0.1) is 0 Å². The Balaban J connectivity index is 1.73. The molecule has 3 aromatic rings. The largest absolute Gasteiger partial charge is 0.490 e. The van der Waals surface area contributed by atoms with Crippen molar-refractivity contribution in [2.75, 3.05) is 6.61 Å². The van der Waals surface area contributed by atoms with E-state index in [9.17, 15) is 4.79 Å². The van der Waals surface area contributed by atoms with Crippen molar-refractivity contribution in [1.82, 2.24) is 10.4 Å². The molecule has 0 saturated carbocycles. The van der Waals surface area contributed by atoms with Crippen LogP contribution in [0.2, 0.25) is 5.02 Å². The third kappa shape index (κ3) is 5.81. The van der Waals surface area contributed by atoms with Crippen LogP contribution in [-0.4, -0.2) is 23.7 Å². The predicted molar refractivity (Wildman–Crippen MR) is 120 cm³/mol. The van der Waals surface area contributed by atoms with Crippen molar-refractivity contribution in [1.29, 1.82) is 0 Å². The summed E-state index contributed by atoms with van der Waals surface area (Å²) in [5.74, 6) is 0.774. The fourth-order valence-corrected chi connectivity index (χ4v) is 3.32. The minimum Gasteiger partial charge on any atom is -0.490 e. The quantitative estimate of drug-likeness (QED) is 0.348. The van der Waals surface area contributed by atoms with Crippen molar-refractivity contribution in [3.8, 4) is 11.5 Å². The van der Waals surface area contributed by atoms with Crippen LogP contribution in [0.1, 0.15) is 28.4 Å². The number of pyridine rings is 1. The molecular weight excluding hydrogens is 470 g/mol. The zero-order valence-electron chi connectivity index (χ0n) is 16.1. The van der Waals surface area contributed by atoms with Gasteiger partial charge in [0.2, 0.25) is 0 Å². The Kier molecular flexibility index (Phi) is 7.82. The molecule has 0 aliphatic carbocycles. The average Bonchev–Trinajstić information content (AvgIpc) is 2.75. The van der Waals surface area contributed by atoms with E-state index >= 15 is 0 Å². The maximum absolute atomic E-state index is 12.0. The number of aromatic nitrogens is 1. The lowest BCUT2D eigenvalue weighted by molar-refractivity contribution is 0.0955. The van der Waals surface area contributed by atoms with Crippen LogP contribution in [0.25, 0.3) is 0 Å². The Morgan fingerprint density at radius 2 is 2.07 bits per heavy atom. The number of amides is 1. The second-order valence-corrected chi connectivity index (χ2v) is 7.35. The first-order valence-corrected chi connectivity index (χ1v) is 10.3. The van der Waals surface area contributed by atoms with Gasteiger partial charge in [-0.1, -0.05) is 29.8 Å². The molecule has 1 aromatic heterocycles. The molecule has 0 radical (unpaired) electrons. The van der Waals surface area contributed by atoms with E-state index in [1.165, 1.54) is 12.4 Å². The van der Waals surface area contributed by atoms with Crippen molar-refractivity contribution >= 4 is 39.7 Å². The van der Waals surface area contributed by atoms with Gasteiger partial charge < -0.3 is 9.47 Å². The standard InChI is InChI=1S/C22H19BrClN3O3/c1-2-29-20-11-15(12-26-27-22(28)16-7-5-9-25-13-16)10-18(23)21(20)30-14-17-6-3-4-8-19(17)24/h3-13H,2,14H2,1H3,(H,27,28)/b26-12-. The van der Waals surface area contributed by atoms with E-state index < -0.39 is 0 Å². The molecule has 30 heavy (non-hydrogen) atoms. The Labute approximate surface area is 188 Å². The van der Waals surface area contributed by atoms with E-state index in [2.05, 4.69) is 31.4 Å². The summed E-state index contributed by atoms with van der Waals surface area (Å²) in [5.41, 5.74) is 4.50. The molecule has 0 bridgehead atoms. The molecule has 0 atom stereocenters. The molecule has 154 valence electrons. The topological polar surface area (TPSA) is 72.8 Å². The highest BCUT2D eigenvalue weighted by molar-refractivity contribution is 9.10. The van der Waals surface area contributed by atoms with Gasteiger partial charge in [0.25, 0.3) is 5.91 Å². The monoisotopic (exact) mass is 487 g/mol.